The van der Waals surface area contributed by atoms with E-state index in [0.29, 0.717) is 16.6 Å². The van der Waals surface area contributed by atoms with Crippen LogP contribution in [0.5, 0.6) is 0 Å². The molecule has 126 valence electrons. The van der Waals surface area contributed by atoms with E-state index in [4.69, 9.17) is 16.4 Å². The van der Waals surface area contributed by atoms with Gasteiger partial charge in [0.2, 0.25) is 5.13 Å². The second-order valence-corrected chi connectivity index (χ2v) is 8.20. The van der Waals surface area contributed by atoms with Crippen molar-refractivity contribution in [2.24, 2.45) is 10.9 Å². The van der Waals surface area contributed by atoms with Crippen molar-refractivity contribution in [3.63, 3.8) is 0 Å². The van der Waals surface area contributed by atoms with Gasteiger partial charge in [-0.1, -0.05) is 22.9 Å². The topological polar surface area (TPSA) is 49.8 Å². The van der Waals surface area contributed by atoms with E-state index < -0.39 is 5.82 Å². The number of benzene rings is 1. The van der Waals surface area contributed by atoms with Gasteiger partial charge < -0.3 is 4.90 Å². The molecule has 1 aromatic heterocycles. The zero-order valence-electron chi connectivity index (χ0n) is 12.9. The Morgan fingerprint density at radius 3 is 3.00 bits per heavy atom. The monoisotopic (exact) mass is 366 g/mol. The Morgan fingerprint density at radius 2 is 2.25 bits per heavy atom. The summed E-state index contributed by atoms with van der Waals surface area (Å²) >= 11 is 7.17. The van der Waals surface area contributed by atoms with Crippen molar-refractivity contribution in [1.82, 2.24) is 15.4 Å². The molecule has 2 aromatic rings. The average Bonchev–Trinajstić information content (AvgIpc) is 3.13. The number of halogens is 2. The number of aliphatic imine (C=N–C) groups is 1. The summed E-state index contributed by atoms with van der Waals surface area (Å²) in [4.78, 5) is 17.5. The summed E-state index contributed by atoms with van der Waals surface area (Å²) in [6.07, 6.45) is 3.15. The molecule has 4 aliphatic heterocycles. The van der Waals surface area contributed by atoms with Crippen molar-refractivity contribution in [3.8, 4) is 0 Å². The Bertz CT molecular complexity index is 809. The van der Waals surface area contributed by atoms with Crippen molar-refractivity contribution in [3.05, 3.63) is 23.0 Å². The molecular formula is C16H16ClFN4OS. The second-order valence-electron chi connectivity index (χ2n) is 6.79. The summed E-state index contributed by atoms with van der Waals surface area (Å²) in [5, 5.41) is 0.677. The van der Waals surface area contributed by atoms with Crippen molar-refractivity contribution in [2.75, 3.05) is 19.6 Å². The second kappa shape index (κ2) is 5.36. The van der Waals surface area contributed by atoms with E-state index in [9.17, 15) is 4.39 Å². The molecule has 1 aromatic carbocycles. The summed E-state index contributed by atoms with van der Waals surface area (Å²) < 4.78 is 14.3. The van der Waals surface area contributed by atoms with Crippen molar-refractivity contribution in [2.45, 2.75) is 24.9 Å². The van der Waals surface area contributed by atoms with Crippen molar-refractivity contribution in [1.29, 1.82) is 0 Å². The highest BCUT2D eigenvalue weighted by Crippen LogP contribution is 2.42. The molecule has 0 saturated carbocycles. The van der Waals surface area contributed by atoms with Crippen LogP contribution in [-0.4, -0.2) is 41.0 Å². The minimum atomic E-state index is -0.430. The van der Waals surface area contributed by atoms with Gasteiger partial charge in [0.1, 0.15) is 17.3 Å². The van der Waals surface area contributed by atoms with Gasteiger partial charge in [0.25, 0.3) is 0 Å². The molecule has 4 saturated heterocycles. The molecule has 5 heterocycles. The fourth-order valence-electron chi connectivity index (χ4n) is 4.09. The maximum absolute atomic E-state index is 13.6. The number of nitrogens with zero attached hydrogens (tertiary/aromatic N) is 3. The quantitative estimate of drug-likeness (QED) is 0.839. The van der Waals surface area contributed by atoms with Crippen molar-refractivity contribution < 1.29 is 9.23 Å². The number of hydrogen-bond donors (Lipinski definition) is 1. The molecule has 4 fully saturated rings. The number of nitrogens with one attached hydrogen (secondary N) is 1. The highest BCUT2D eigenvalue weighted by Gasteiger charge is 2.52. The molecule has 2 bridgehead atoms. The zero-order valence-corrected chi connectivity index (χ0v) is 14.5. The number of hydrogen-bond acceptors (Lipinski definition) is 5. The van der Waals surface area contributed by atoms with Crippen LogP contribution in [0, 0.1) is 11.7 Å². The Kier molecular flexibility index (Phi) is 3.35. The molecule has 6 rings (SSSR count). The lowest BCUT2D eigenvalue weighted by atomic mass is 9.74. The standard InChI is InChI=1S/C16H16ClFN4OS/c17-10-5-12-13(6-11(10)18)24-15(19-12)20-14-7-16(23-21-14)8-22-3-1-9(16)2-4-22/h5-6,9H,1-4,7-8H2,(H,19,20,21)/t16-/m0/s1. The number of aromatic nitrogens is 1. The molecular weight excluding hydrogens is 351 g/mol. The first kappa shape index (κ1) is 15.0. The molecule has 24 heavy (non-hydrogen) atoms. The van der Waals surface area contributed by atoms with E-state index >= 15 is 0 Å². The molecule has 0 unspecified atom stereocenters. The van der Waals surface area contributed by atoms with Crippen molar-refractivity contribution >= 4 is 44.1 Å². The number of piperidine rings is 3. The SMILES string of the molecule is Fc1cc2sc(N=C3C[C@@]4(CN5CCC4CC5)ON3)nc2cc1Cl. The van der Waals surface area contributed by atoms with Gasteiger partial charge in [-0.25, -0.2) is 14.4 Å². The first-order chi connectivity index (χ1) is 11.6. The predicted molar refractivity (Wildman–Crippen MR) is 92.4 cm³/mol. The van der Waals surface area contributed by atoms with E-state index in [1.165, 1.54) is 43.3 Å². The van der Waals surface area contributed by atoms with Crippen LogP contribution in [0.3, 0.4) is 0 Å². The third-order valence-corrected chi connectivity index (χ3v) is 6.51. The predicted octanol–water partition coefficient (Wildman–Crippen LogP) is 3.51. The zero-order chi connectivity index (χ0) is 16.3. The van der Waals surface area contributed by atoms with Crippen LogP contribution in [0.1, 0.15) is 19.3 Å². The Morgan fingerprint density at radius 1 is 1.42 bits per heavy atom. The Balaban J connectivity index is 1.43. The van der Waals surface area contributed by atoms with Crippen LogP contribution in [0.4, 0.5) is 9.52 Å². The fourth-order valence-corrected chi connectivity index (χ4v) is 5.12. The van der Waals surface area contributed by atoms with Crippen LogP contribution in [0.25, 0.3) is 10.2 Å². The number of hydroxylamine groups is 1. The van der Waals surface area contributed by atoms with Gasteiger partial charge in [-0.15, -0.1) is 0 Å². The van der Waals surface area contributed by atoms with Crippen LogP contribution >= 0.6 is 22.9 Å². The van der Waals surface area contributed by atoms with Gasteiger partial charge >= 0.3 is 0 Å². The van der Waals surface area contributed by atoms with Gasteiger partial charge in [0, 0.05) is 13.0 Å². The van der Waals surface area contributed by atoms with Crippen LogP contribution in [0.2, 0.25) is 5.02 Å². The van der Waals surface area contributed by atoms with Gasteiger partial charge in [-0.2, -0.15) is 0 Å². The molecule has 0 aliphatic carbocycles. The largest absolute Gasteiger partial charge is 0.300 e. The van der Waals surface area contributed by atoms with E-state index in [1.807, 2.05) is 0 Å². The molecule has 4 aliphatic rings. The summed E-state index contributed by atoms with van der Waals surface area (Å²) in [5.41, 5.74) is 3.52. The van der Waals surface area contributed by atoms with E-state index in [0.717, 1.165) is 23.5 Å². The molecule has 0 radical (unpaired) electrons. The smallest absolute Gasteiger partial charge is 0.211 e. The molecule has 1 spiro atoms. The normalized spacial score (nSPS) is 33.7. The minimum absolute atomic E-state index is 0.0839. The molecule has 5 nitrogen and oxygen atoms in total. The molecule has 8 heteroatoms. The third-order valence-electron chi connectivity index (χ3n) is 5.31. The van der Waals surface area contributed by atoms with Crippen LogP contribution in [0.15, 0.2) is 17.1 Å². The number of thiazole rings is 1. The summed E-state index contributed by atoms with van der Waals surface area (Å²) in [7, 11) is 0. The van der Waals surface area contributed by atoms with Crippen LogP contribution in [-0.2, 0) is 4.84 Å². The van der Waals surface area contributed by atoms with Gasteiger partial charge in [0.05, 0.1) is 15.2 Å². The van der Waals surface area contributed by atoms with Crippen LogP contribution < -0.4 is 5.48 Å². The Hall–Kier alpha value is -1.28. The third kappa shape index (κ3) is 2.34. The summed E-state index contributed by atoms with van der Waals surface area (Å²) in [6, 6.07) is 2.95. The maximum Gasteiger partial charge on any atom is 0.211 e. The van der Waals surface area contributed by atoms with E-state index in [-0.39, 0.29) is 10.6 Å². The first-order valence-corrected chi connectivity index (χ1v) is 9.30. The first-order valence-electron chi connectivity index (χ1n) is 8.11. The van der Waals surface area contributed by atoms with E-state index in [2.05, 4.69) is 20.4 Å². The minimum Gasteiger partial charge on any atom is -0.300 e. The van der Waals surface area contributed by atoms with Gasteiger partial charge in [-0.05, 0) is 44.0 Å². The molecule has 0 amide bonds. The Labute approximate surface area is 147 Å². The number of amidine groups is 1. The number of rotatable bonds is 1. The number of fused-ring (bicyclic) bond motifs is 3. The fraction of sp³-hybridized carbons (Fsp3) is 0.500. The molecule has 1 atom stereocenters. The lowest BCUT2D eigenvalue weighted by Gasteiger charge is -2.49. The molecule has 1 N–H and O–H groups in total. The lowest BCUT2D eigenvalue weighted by Crippen LogP contribution is -2.59. The highest BCUT2D eigenvalue weighted by molar-refractivity contribution is 7.22. The highest BCUT2D eigenvalue weighted by atomic mass is 35.5. The summed E-state index contributed by atoms with van der Waals surface area (Å²) in [6.45, 7) is 3.31. The van der Waals surface area contributed by atoms with Gasteiger partial charge in [0.15, 0.2) is 0 Å². The van der Waals surface area contributed by atoms with E-state index in [1.54, 1.807) is 6.07 Å². The lowest BCUT2D eigenvalue weighted by molar-refractivity contribution is -0.150. The van der Waals surface area contributed by atoms with Gasteiger partial charge in [-0.3, -0.25) is 10.3 Å². The maximum atomic E-state index is 13.6. The summed E-state index contributed by atoms with van der Waals surface area (Å²) in [5.74, 6) is 0.959. The average molecular weight is 367 g/mol.